The minimum atomic E-state index is -0.617. The van der Waals surface area contributed by atoms with Crippen LogP contribution in [-0.2, 0) is 9.59 Å². The highest BCUT2D eigenvalue weighted by Gasteiger charge is 2.11. The van der Waals surface area contributed by atoms with Crippen LogP contribution in [0.3, 0.4) is 0 Å². The van der Waals surface area contributed by atoms with Crippen molar-refractivity contribution in [2.45, 2.75) is 12.8 Å². The quantitative estimate of drug-likeness (QED) is 0.288. The molecule has 138 valence electrons. The van der Waals surface area contributed by atoms with E-state index in [1.54, 1.807) is 12.4 Å². The highest BCUT2D eigenvalue weighted by molar-refractivity contribution is 6.35. The predicted octanol–water partition coefficient (Wildman–Crippen LogP) is 0.893. The van der Waals surface area contributed by atoms with E-state index in [0.717, 1.165) is 11.4 Å². The lowest BCUT2D eigenvalue weighted by molar-refractivity contribution is -0.139. The second kappa shape index (κ2) is 11.4. The highest BCUT2D eigenvalue weighted by Crippen LogP contribution is 1.91. The molecule has 0 saturated heterocycles. The number of hydrogen-bond acceptors (Lipinski definition) is 4. The van der Waals surface area contributed by atoms with E-state index in [2.05, 4.69) is 30.6 Å². The smallest absolute Gasteiger partial charge is 0.309 e. The molecule has 0 spiro atoms. The molecule has 4 N–H and O–H groups in total. The van der Waals surface area contributed by atoms with Gasteiger partial charge in [0.2, 0.25) is 0 Å². The molecule has 2 aromatic heterocycles. The van der Waals surface area contributed by atoms with Gasteiger partial charge in [-0.1, -0.05) is 0 Å². The topological polar surface area (TPSA) is 114 Å². The number of aromatic amines is 2. The Hall–Kier alpha value is -3.16. The lowest BCUT2D eigenvalue weighted by atomic mass is 10.4. The Morgan fingerprint density at radius 1 is 0.846 bits per heavy atom. The first-order valence-electron chi connectivity index (χ1n) is 8.58. The van der Waals surface area contributed by atoms with E-state index in [0.29, 0.717) is 39.0 Å². The van der Waals surface area contributed by atoms with Crippen molar-refractivity contribution < 1.29 is 9.59 Å². The first-order chi connectivity index (χ1) is 12.8. The third-order valence-corrected chi connectivity index (χ3v) is 3.41. The van der Waals surface area contributed by atoms with Gasteiger partial charge in [0.05, 0.1) is 11.4 Å². The minimum Gasteiger partial charge on any atom is -0.360 e. The molecule has 0 unspecified atom stereocenters. The summed E-state index contributed by atoms with van der Waals surface area (Å²) in [5.74, 6) is -1.23. The van der Waals surface area contributed by atoms with Gasteiger partial charge in [0.1, 0.15) is 0 Å². The number of aromatic nitrogens is 2. The van der Waals surface area contributed by atoms with E-state index < -0.39 is 11.8 Å². The number of hydrogen-bond donors (Lipinski definition) is 4. The van der Waals surface area contributed by atoms with Gasteiger partial charge in [-0.05, 0) is 37.1 Å². The molecular formula is C18H24N6O2. The summed E-state index contributed by atoms with van der Waals surface area (Å²) in [6.45, 7) is 1.99. The van der Waals surface area contributed by atoms with E-state index in [1.165, 1.54) is 0 Å². The lowest BCUT2D eigenvalue weighted by Gasteiger charge is -2.05. The minimum absolute atomic E-state index is 0.411. The SMILES string of the molecule is O=C(NCCCN=Cc1ccc[nH]1)C(=O)NCCCN=Cc1ccc[nH]1. The zero-order valence-electron chi connectivity index (χ0n) is 14.6. The molecule has 2 rings (SSSR count). The number of carbonyl (C=O) groups is 2. The van der Waals surface area contributed by atoms with Crippen LogP contribution in [0.25, 0.3) is 0 Å². The Morgan fingerprint density at radius 3 is 1.69 bits per heavy atom. The van der Waals surface area contributed by atoms with Crippen molar-refractivity contribution in [3.05, 3.63) is 48.0 Å². The molecule has 2 aromatic rings. The van der Waals surface area contributed by atoms with E-state index in [4.69, 9.17) is 0 Å². The van der Waals surface area contributed by atoms with E-state index in [-0.39, 0.29) is 0 Å². The van der Waals surface area contributed by atoms with E-state index in [9.17, 15) is 9.59 Å². The van der Waals surface area contributed by atoms with Crippen LogP contribution in [0.5, 0.6) is 0 Å². The summed E-state index contributed by atoms with van der Waals surface area (Å²) in [5, 5.41) is 5.16. The fraction of sp³-hybridized carbons (Fsp3) is 0.333. The van der Waals surface area contributed by atoms with Crippen LogP contribution in [0.4, 0.5) is 0 Å². The fourth-order valence-corrected chi connectivity index (χ4v) is 2.08. The number of aliphatic imine (C=N–C) groups is 2. The number of carbonyl (C=O) groups excluding carboxylic acids is 2. The molecule has 0 fully saturated rings. The van der Waals surface area contributed by atoms with Gasteiger partial charge in [0.25, 0.3) is 0 Å². The highest BCUT2D eigenvalue weighted by atomic mass is 16.2. The Bertz CT molecular complexity index is 642. The fourth-order valence-electron chi connectivity index (χ4n) is 2.08. The molecule has 8 heteroatoms. The number of H-pyrrole nitrogens is 2. The number of amides is 2. The Labute approximate surface area is 152 Å². The molecule has 0 atom stereocenters. The zero-order chi connectivity index (χ0) is 18.5. The standard InChI is InChI=1S/C18H24N6O2/c25-17(23-11-3-7-19-13-15-5-1-9-21-15)18(26)24-12-4-8-20-14-16-6-2-10-22-16/h1-2,5-6,9-10,13-14,21-22H,3-4,7-8,11-12H2,(H,23,25)(H,24,26). The Morgan fingerprint density at radius 2 is 1.31 bits per heavy atom. The van der Waals surface area contributed by atoms with Crippen LogP contribution in [0, 0.1) is 0 Å². The second-order valence-electron chi connectivity index (χ2n) is 5.54. The maximum Gasteiger partial charge on any atom is 0.309 e. The van der Waals surface area contributed by atoms with E-state index >= 15 is 0 Å². The maximum atomic E-state index is 11.6. The van der Waals surface area contributed by atoms with Crippen LogP contribution >= 0.6 is 0 Å². The molecule has 0 bridgehead atoms. The Kier molecular flexibility index (Phi) is 8.41. The summed E-state index contributed by atoms with van der Waals surface area (Å²) in [4.78, 5) is 37.8. The molecule has 0 aliphatic carbocycles. The van der Waals surface area contributed by atoms with Crippen LogP contribution in [0.15, 0.2) is 46.6 Å². The van der Waals surface area contributed by atoms with Crippen molar-refractivity contribution in [3.8, 4) is 0 Å². The molecule has 0 aromatic carbocycles. The number of rotatable bonds is 10. The van der Waals surface area contributed by atoms with Gasteiger partial charge in [0, 0.05) is 51.0 Å². The average Bonchev–Trinajstić information content (AvgIpc) is 3.34. The van der Waals surface area contributed by atoms with Gasteiger partial charge in [-0.15, -0.1) is 0 Å². The second-order valence-corrected chi connectivity index (χ2v) is 5.54. The molecule has 0 saturated carbocycles. The van der Waals surface area contributed by atoms with Crippen molar-refractivity contribution in [1.29, 1.82) is 0 Å². The third kappa shape index (κ3) is 7.61. The van der Waals surface area contributed by atoms with Crippen molar-refractivity contribution in [3.63, 3.8) is 0 Å². The summed E-state index contributed by atoms with van der Waals surface area (Å²) in [6.07, 6.45) is 8.48. The van der Waals surface area contributed by atoms with Crippen molar-refractivity contribution in [2.75, 3.05) is 26.2 Å². The van der Waals surface area contributed by atoms with Gasteiger partial charge < -0.3 is 20.6 Å². The van der Waals surface area contributed by atoms with Crippen LogP contribution < -0.4 is 10.6 Å². The van der Waals surface area contributed by atoms with Gasteiger partial charge in [-0.3, -0.25) is 19.6 Å². The molecule has 2 heterocycles. The first-order valence-corrected chi connectivity index (χ1v) is 8.58. The predicted molar refractivity (Wildman–Crippen MR) is 102 cm³/mol. The maximum absolute atomic E-state index is 11.6. The van der Waals surface area contributed by atoms with Crippen molar-refractivity contribution >= 4 is 24.2 Å². The average molecular weight is 356 g/mol. The van der Waals surface area contributed by atoms with Crippen molar-refractivity contribution in [2.24, 2.45) is 9.98 Å². The first kappa shape index (κ1) is 19.2. The van der Waals surface area contributed by atoms with Crippen LogP contribution in [0.1, 0.15) is 24.2 Å². The van der Waals surface area contributed by atoms with Crippen LogP contribution in [0.2, 0.25) is 0 Å². The monoisotopic (exact) mass is 356 g/mol. The van der Waals surface area contributed by atoms with Crippen molar-refractivity contribution in [1.82, 2.24) is 20.6 Å². The van der Waals surface area contributed by atoms with Gasteiger partial charge in [0.15, 0.2) is 0 Å². The molecule has 8 nitrogen and oxygen atoms in total. The van der Waals surface area contributed by atoms with Gasteiger partial charge >= 0.3 is 11.8 Å². The molecule has 0 aliphatic rings. The Balaban J connectivity index is 1.47. The zero-order valence-corrected chi connectivity index (χ0v) is 14.6. The summed E-state index contributed by atoms with van der Waals surface area (Å²) in [5.41, 5.74) is 1.87. The summed E-state index contributed by atoms with van der Waals surface area (Å²) in [6, 6.07) is 7.63. The van der Waals surface area contributed by atoms with Crippen LogP contribution in [-0.4, -0.2) is 60.4 Å². The number of nitrogens with one attached hydrogen (secondary N) is 4. The number of nitrogens with zero attached hydrogens (tertiary/aromatic N) is 2. The molecule has 0 radical (unpaired) electrons. The van der Waals surface area contributed by atoms with E-state index in [1.807, 2.05) is 36.7 Å². The van der Waals surface area contributed by atoms with Gasteiger partial charge in [-0.2, -0.15) is 0 Å². The molecule has 26 heavy (non-hydrogen) atoms. The largest absolute Gasteiger partial charge is 0.360 e. The summed E-state index contributed by atoms with van der Waals surface area (Å²) in [7, 11) is 0. The van der Waals surface area contributed by atoms with Gasteiger partial charge in [-0.25, -0.2) is 0 Å². The normalized spacial score (nSPS) is 11.2. The molecule has 2 amide bonds. The molecular weight excluding hydrogens is 332 g/mol. The summed E-state index contributed by atoms with van der Waals surface area (Å²) >= 11 is 0. The summed E-state index contributed by atoms with van der Waals surface area (Å²) < 4.78 is 0. The molecule has 0 aliphatic heterocycles. The third-order valence-electron chi connectivity index (χ3n) is 3.41. The lowest BCUT2D eigenvalue weighted by Crippen LogP contribution is -2.40.